The maximum Gasteiger partial charge on any atom is 0.278 e. The number of hydrogen-bond acceptors (Lipinski definition) is 4. The minimum Gasteiger partial charge on any atom is -0.497 e. The third-order valence-corrected chi connectivity index (χ3v) is 3.78. The summed E-state index contributed by atoms with van der Waals surface area (Å²) < 4.78 is 10.6. The van der Waals surface area contributed by atoms with E-state index in [1.54, 1.807) is 7.11 Å². The van der Waals surface area contributed by atoms with Gasteiger partial charge in [-0.25, -0.2) is 4.98 Å². The molecule has 122 valence electrons. The molecule has 0 spiro atoms. The zero-order valence-electron chi connectivity index (χ0n) is 13.6. The molecular weight excluding hydrogens is 304 g/mol. The molecule has 24 heavy (non-hydrogen) atoms. The smallest absolute Gasteiger partial charge is 0.278 e. The van der Waals surface area contributed by atoms with E-state index in [9.17, 15) is 4.79 Å². The lowest BCUT2D eigenvalue weighted by Gasteiger charge is -2.09. The number of benzene rings is 2. The SMILES string of the molecule is CCc1ccccc1NC(=O)c1ncoc1-c1ccc(OC)cc1. The van der Waals surface area contributed by atoms with Crippen LogP contribution < -0.4 is 10.1 Å². The minimum absolute atomic E-state index is 0.256. The molecule has 0 aliphatic rings. The summed E-state index contributed by atoms with van der Waals surface area (Å²) in [4.78, 5) is 16.7. The fourth-order valence-electron chi connectivity index (χ4n) is 2.49. The van der Waals surface area contributed by atoms with Gasteiger partial charge in [-0.2, -0.15) is 0 Å². The molecule has 0 aliphatic heterocycles. The molecule has 2 aromatic carbocycles. The summed E-state index contributed by atoms with van der Waals surface area (Å²) in [6, 6.07) is 15.0. The molecule has 3 rings (SSSR count). The van der Waals surface area contributed by atoms with Crippen LogP contribution in [0.25, 0.3) is 11.3 Å². The van der Waals surface area contributed by atoms with Gasteiger partial charge in [0.2, 0.25) is 0 Å². The molecule has 0 aliphatic carbocycles. The first kappa shape index (κ1) is 15.8. The lowest BCUT2D eigenvalue weighted by Crippen LogP contribution is -2.14. The van der Waals surface area contributed by atoms with Crippen LogP contribution in [0, 0.1) is 0 Å². The number of nitrogens with one attached hydrogen (secondary N) is 1. The zero-order chi connectivity index (χ0) is 16.9. The summed E-state index contributed by atoms with van der Waals surface area (Å²) >= 11 is 0. The number of anilines is 1. The van der Waals surface area contributed by atoms with Gasteiger partial charge in [0.15, 0.2) is 17.8 Å². The number of carbonyl (C=O) groups is 1. The Morgan fingerprint density at radius 2 is 1.92 bits per heavy atom. The molecule has 0 unspecified atom stereocenters. The molecule has 5 heteroatoms. The van der Waals surface area contributed by atoms with E-state index in [0.717, 1.165) is 29.0 Å². The molecule has 1 N–H and O–H groups in total. The third kappa shape index (κ3) is 3.15. The number of nitrogens with zero attached hydrogens (tertiary/aromatic N) is 1. The maximum atomic E-state index is 12.6. The molecule has 0 saturated heterocycles. The summed E-state index contributed by atoms with van der Waals surface area (Å²) in [7, 11) is 1.60. The summed E-state index contributed by atoms with van der Waals surface area (Å²) in [5.41, 5.74) is 2.88. The van der Waals surface area contributed by atoms with Crippen LogP contribution >= 0.6 is 0 Å². The van der Waals surface area contributed by atoms with E-state index >= 15 is 0 Å². The van der Waals surface area contributed by atoms with Crippen LogP contribution in [0.5, 0.6) is 5.75 Å². The average Bonchev–Trinajstić information content (AvgIpc) is 3.12. The van der Waals surface area contributed by atoms with Crippen LogP contribution in [0.2, 0.25) is 0 Å². The molecule has 0 fully saturated rings. The van der Waals surface area contributed by atoms with Crippen LogP contribution in [-0.2, 0) is 6.42 Å². The van der Waals surface area contributed by atoms with Crippen molar-refractivity contribution in [3.63, 3.8) is 0 Å². The fourth-order valence-corrected chi connectivity index (χ4v) is 2.49. The summed E-state index contributed by atoms with van der Waals surface area (Å²) in [5, 5.41) is 2.91. The van der Waals surface area contributed by atoms with Crippen molar-refractivity contribution in [1.29, 1.82) is 0 Å². The number of carbonyl (C=O) groups excluding carboxylic acids is 1. The van der Waals surface area contributed by atoms with Crippen molar-refractivity contribution < 1.29 is 13.9 Å². The molecule has 3 aromatic rings. The zero-order valence-corrected chi connectivity index (χ0v) is 13.6. The Kier molecular flexibility index (Phi) is 4.61. The highest BCUT2D eigenvalue weighted by Crippen LogP contribution is 2.26. The highest BCUT2D eigenvalue weighted by atomic mass is 16.5. The Labute approximate surface area is 140 Å². The lowest BCUT2D eigenvalue weighted by molar-refractivity contribution is 0.102. The van der Waals surface area contributed by atoms with Crippen LogP contribution in [-0.4, -0.2) is 18.0 Å². The number of rotatable bonds is 5. The second-order valence-corrected chi connectivity index (χ2v) is 5.22. The van der Waals surface area contributed by atoms with Gasteiger partial charge in [-0.3, -0.25) is 4.79 Å². The number of amides is 1. The second-order valence-electron chi connectivity index (χ2n) is 5.22. The van der Waals surface area contributed by atoms with Crippen LogP contribution in [0.3, 0.4) is 0 Å². The predicted molar refractivity (Wildman–Crippen MR) is 92.3 cm³/mol. The van der Waals surface area contributed by atoms with E-state index < -0.39 is 0 Å². The number of aryl methyl sites for hydroxylation is 1. The summed E-state index contributed by atoms with van der Waals surface area (Å²) in [6.07, 6.45) is 2.11. The standard InChI is InChI=1S/C19H18N2O3/c1-3-13-6-4-5-7-16(13)21-19(22)17-18(24-12-20-17)14-8-10-15(23-2)11-9-14/h4-12H,3H2,1-2H3,(H,21,22). The summed E-state index contributed by atoms with van der Waals surface area (Å²) in [6.45, 7) is 2.05. The van der Waals surface area contributed by atoms with Crippen molar-refractivity contribution in [2.75, 3.05) is 12.4 Å². The number of oxazole rings is 1. The minimum atomic E-state index is -0.296. The van der Waals surface area contributed by atoms with Crippen molar-refractivity contribution in [2.45, 2.75) is 13.3 Å². The molecule has 1 aromatic heterocycles. The van der Waals surface area contributed by atoms with Crippen molar-refractivity contribution in [3.05, 3.63) is 66.2 Å². The van der Waals surface area contributed by atoms with Crippen LogP contribution in [0.15, 0.2) is 59.3 Å². The van der Waals surface area contributed by atoms with Gasteiger partial charge in [0.1, 0.15) is 5.75 Å². The largest absolute Gasteiger partial charge is 0.497 e. The van der Waals surface area contributed by atoms with Gasteiger partial charge in [-0.15, -0.1) is 0 Å². The number of para-hydroxylation sites is 1. The van der Waals surface area contributed by atoms with Crippen molar-refractivity contribution in [3.8, 4) is 17.1 Å². The Balaban J connectivity index is 1.87. The molecule has 0 atom stereocenters. The van der Waals surface area contributed by atoms with Gasteiger partial charge in [0, 0.05) is 11.3 Å². The lowest BCUT2D eigenvalue weighted by atomic mass is 10.1. The monoisotopic (exact) mass is 322 g/mol. The third-order valence-electron chi connectivity index (χ3n) is 3.78. The first-order valence-corrected chi connectivity index (χ1v) is 7.70. The van der Waals surface area contributed by atoms with Gasteiger partial charge >= 0.3 is 0 Å². The Bertz CT molecular complexity index is 838. The predicted octanol–water partition coefficient (Wildman–Crippen LogP) is 4.16. The number of hydrogen-bond donors (Lipinski definition) is 1. The van der Waals surface area contributed by atoms with E-state index in [1.165, 1.54) is 6.39 Å². The molecular formula is C19H18N2O3. The molecule has 0 saturated carbocycles. The summed E-state index contributed by atoms with van der Waals surface area (Å²) in [5.74, 6) is 0.876. The van der Waals surface area contributed by atoms with Crippen molar-refractivity contribution in [2.24, 2.45) is 0 Å². The topological polar surface area (TPSA) is 64.4 Å². The molecule has 1 amide bonds. The van der Waals surface area contributed by atoms with Gasteiger partial charge in [0.05, 0.1) is 7.11 Å². The molecule has 0 radical (unpaired) electrons. The average molecular weight is 322 g/mol. The number of aromatic nitrogens is 1. The van der Waals surface area contributed by atoms with Gasteiger partial charge in [0.25, 0.3) is 5.91 Å². The Hall–Kier alpha value is -3.08. The van der Waals surface area contributed by atoms with Crippen LogP contribution in [0.1, 0.15) is 23.0 Å². The molecule has 0 bridgehead atoms. The maximum absolute atomic E-state index is 12.6. The van der Waals surface area contributed by atoms with Crippen molar-refractivity contribution in [1.82, 2.24) is 4.98 Å². The van der Waals surface area contributed by atoms with Gasteiger partial charge in [-0.05, 0) is 42.3 Å². The number of ether oxygens (including phenoxy) is 1. The van der Waals surface area contributed by atoms with E-state index in [0.29, 0.717) is 5.76 Å². The normalized spacial score (nSPS) is 10.4. The molecule has 1 heterocycles. The van der Waals surface area contributed by atoms with Crippen molar-refractivity contribution >= 4 is 11.6 Å². The van der Waals surface area contributed by atoms with E-state index in [-0.39, 0.29) is 11.6 Å². The Morgan fingerprint density at radius 1 is 1.17 bits per heavy atom. The van der Waals surface area contributed by atoms with E-state index in [4.69, 9.17) is 9.15 Å². The number of methoxy groups -OCH3 is 1. The second kappa shape index (κ2) is 7.00. The van der Waals surface area contributed by atoms with Crippen LogP contribution in [0.4, 0.5) is 5.69 Å². The molecule has 5 nitrogen and oxygen atoms in total. The van der Waals surface area contributed by atoms with E-state index in [2.05, 4.69) is 10.3 Å². The highest BCUT2D eigenvalue weighted by Gasteiger charge is 2.19. The highest BCUT2D eigenvalue weighted by molar-refractivity contribution is 6.06. The fraction of sp³-hybridized carbons (Fsp3) is 0.158. The van der Waals surface area contributed by atoms with Gasteiger partial charge in [-0.1, -0.05) is 25.1 Å². The van der Waals surface area contributed by atoms with Gasteiger partial charge < -0.3 is 14.5 Å². The van der Waals surface area contributed by atoms with E-state index in [1.807, 2.05) is 55.5 Å². The quantitative estimate of drug-likeness (QED) is 0.766. The Morgan fingerprint density at radius 3 is 2.62 bits per heavy atom. The first-order valence-electron chi connectivity index (χ1n) is 7.70. The first-order chi connectivity index (χ1) is 11.7.